The zero-order valence-corrected chi connectivity index (χ0v) is 19.8. The molecule has 3 atom stereocenters. The second-order valence-electron chi connectivity index (χ2n) is 8.85. The van der Waals surface area contributed by atoms with Gasteiger partial charge in [0.05, 0.1) is 12.1 Å². The molecule has 2 heterocycles. The molecule has 36 heavy (non-hydrogen) atoms. The number of aromatic nitrogens is 1. The highest BCUT2D eigenvalue weighted by Crippen LogP contribution is 2.43. The van der Waals surface area contributed by atoms with Gasteiger partial charge in [0.15, 0.2) is 5.58 Å². The maximum Gasteiger partial charge on any atom is 0.361 e. The van der Waals surface area contributed by atoms with E-state index in [4.69, 9.17) is 13.9 Å². The molecule has 1 aliphatic heterocycles. The van der Waals surface area contributed by atoms with Crippen LogP contribution in [0.1, 0.15) is 30.9 Å². The number of ether oxygens (including phenoxy) is 2. The number of aliphatic carboxylic acids is 1. The summed E-state index contributed by atoms with van der Waals surface area (Å²) in [6.07, 6.45) is 5.12. The fraction of sp³-hybridized carbons (Fsp3) is 0.207. The number of rotatable bonds is 10. The highest BCUT2D eigenvalue weighted by molar-refractivity contribution is 5.82. The summed E-state index contributed by atoms with van der Waals surface area (Å²) >= 11 is 0. The van der Waals surface area contributed by atoms with E-state index in [1.807, 2.05) is 61.5 Å². The zero-order chi connectivity index (χ0) is 25.0. The van der Waals surface area contributed by atoms with E-state index in [0.29, 0.717) is 28.8 Å². The van der Waals surface area contributed by atoms with Gasteiger partial charge in [-0.05, 0) is 49.2 Å². The summed E-state index contributed by atoms with van der Waals surface area (Å²) in [7, 11) is 0. The molecule has 182 valence electrons. The monoisotopic (exact) mass is 482 g/mol. The molecule has 7 nitrogen and oxygen atoms in total. The lowest BCUT2D eigenvalue weighted by atomic mass is 9.89. The van der Waals surface area contributed by atoms with Crippen molar-refractivity contribution >= 4 is 23.3 Å². The number of oxazole rings is 1. The van der Waals surface area contributed by atoms with Crippen LogP contribution in [0.15, 0.2) is 106 Å². The Balaban J connectivity index is 1.64. The second-order valence-corrected chi connectivity index (χ2v) is 8.85. The van der Waals surface area contributed by atoms with E-state index in [0.717, 1.165) is 0 Å². The van der Waals surface area contributed by atoms with Gasteiger partial charge in [-0.3, -0.25) is 4.99 Å². The van der Waals surface area contributed by atoms with Crippen LogP contribution >= 0.6 is 0 Å². The Hall–Kier alpha value is -4.23. The van der Waals surface area contributed by atoms with E-state index >= 15 is 0 Å². The molecule has 0 saturated heterocycles. The standard InChI is InChI=1S/C29H26N2O5/c1-28(17-10-19-30-28)18-20-34-25(21-11-4-2-5-12-21)29(27(32)33,36-22-13-6-3-7-14-22)26-31-23-15-8-9-16-24(23)35-26/h2-17,19,25H,18,20H2,1H3,(H,32,33). The van der Waals surface area contributed by atoms with Crippen LogP contribution in [-0.2, 0) is 15.1 Å². The predicted octanol–water partition coefficient (Wildman–Crippen LogP) is 5.73. The van der Waals surface area contributed by atoms with Crippen LogP contribution in [0.2, 0.25) is 0 Å². The van der Waals surface area contributed by atoms with Crippen molar-refractivity contribution in [3.63, 3.8) is 0 Å². The Bertz CT molecular complexity index is 1350. The third-order valence-corrected chi connectivity index (χ3v) is 6.23. The number of para-hydroxylation sites is 3. The van der Waals surface area contributed by atoms with Crippen molar-refractivity contribution in [3.05, 3.63) is 109 Å². The number of fused-ring (bicyclic) bond motifs is 1. The molecule has 7 heteroatoms. The SMILES string of the molecule is CC1(CCOC(c2ccccc2)C(Oc2ccccc2)(C(=O)O)c2nc3ccccc3o2)C=CC=N1. The van der Waals surface area contributed by atoms with E-state index in [1.54, 1.807) is 48.7 Å². The van der Waals surface area contributed by atoms with Crippen LogP contribution < -0.4 is 4.74 Å². The lowest BCUT2D eigenvalue weighted by Crippen LogP contribution is -2.48. The summed E-state index contributed by atoms with van der Waals surface area (Å²) in [4.78, 5) is 22.3. The van der Waals surface area contributed by atoms with Gasteiger partial charge < -0.3 is 19.0 Å². The number of hydrogen-bond donors (Lipinski definition) is 1. The van der Waals surface area contributed by atoms with Crippen molar-refractivity contribution in [2.75, 3.05) is 6.61 Å². The highest BCUT2D eigenvalue weighted by Gasteiger charge is 2.56. The van der Waals surface area contributed by atoms with Gasteiger partial charge in [0.25, 0.3) is 5.89 Å². The van der Waals surface area contributed by atoms with Gasteiger partial charge in [0.1, 0.15) is 17.4 Å². The first-order valence-corrected chi connectivity index (χ1v) is 11.7. The van der Waals surface area contributed by atoms with Crippen LogP contribution in [0, 0.1) is 0 Å². The topological polar surface area (TPSA) is 94.2 Å². The van der Waals surface area contributed by atoms with E-state index in [9.17, 15) is 9.90 Å². The third-order valence-electron chi connectivity index (χ3n) is 6.23. The van der Waals surface area contributed by atoms with Gasteiger partial charge in [-0.15, -0.1) is 0 Å². The van der Waals surface area contributed by atoms with Crippen molar-refractivity contribution in [3.8, 4) is 5.75 Å². The van der Waals surface area contributed by atoms with Gasteiger partial charge in [-0.1, -0.05) is 66.7 Å². The molecule has 0 aliphatic carbocycles. The number of hydrogen-bond acceptors (Lipinski definition) is 6. The Morgan fingerprint density at radius 3 is 2.39 bits per heavy atom. The molecule has 0 saturated carbocycles. The molecule has 0 amide bonds. The van der Waals surface area contributed by atoms with E-state index in [-0.39, 0.29) is 12.5 Å². The number of allylic oxidation sites excluding steroid dienone is 1. The molecular weight excluding hydrogens is 456 g/mol. The van der Waals surface area contributed by atoms with Crippen LogP contribution in [0.25, 0.3) is 11.1 Å². The number of carbonyl (C=O) groups is 1. The minimum absolute atomic E-state index is 0.0982. The van der Waals surface area contributed by atoms with E-state index in [2.05, 4.69) is 9.98 Å². The molecule has 4 aromatic rings. The number of aliphatic imine (C=N–C) groups is 1. The molecule has 0 fully saturated rings. The van der Waals surface area contributed by atoms with Gasteiger partial charge in [-0.25, -0.2) is 9.78 Å². The minimum atomic E-state index is -2.11. The lowest BCUT2D eigenvalue weighted by Gasteiger charge is -2.35. The Labute approximate surface area is 208 Å². The Kier molecular flexibility index (Phi) is 6.40. The van der Waals surface area contributed by atoms with E-state index < -0.39 is 23.2 Å². The van der Waals surface area contributed by atoms with Gasteiger partial charge in [0, 0.05) is 6.21 Å². The van der Waals surface area contributed by atoms with Crippen molar-refractivity contribution in [1.82, 2.24) is 4.98 Å². The third kappa shape index (κ3) is 4.53. The summed E-state index contributed by atoms with van der Waals surface area (Å²) in [5.74, 6) is -1.03. The summed E-state index contributed by atoms with van der Waals surface area (Å²) in [5.41, 5.74) is -0.921. The Morgan fingerprint density at radius 2 is 1.72 bits per heavy atom. The zero-order valence-electron chi connectivity index (χ0n) is 19.8. The molecule has 1 aliphatic rings. The van der Waals surface area contributed by atoms with Gasteiger partial charge in [0.2, 0.25) is 0 Å². The minimum Gasteiger partial charge on any atom is -0.478 e. The first kappa shape index (κ1) is 23.5. The number of carboxylic acids is 1. The second kappa shape index (κ2) is 9.79. The van der Waals surface area contributed by atoms with Crippen molar-refractivity contribution in [2.45, 2.75) is 30.6 Å². The predicted molar refractivity (Wildman–Crippen MR) is 136 cm³/mol. The van der Waals surface area contributed by atoms with Crippen LogP contribution in [0.3, 0.4) is 0 Å². The fourth-order valence-electron chi connectivity index (χ4n) is 4.28. The maximum absolute atomic E-state index is 13.3. The van der Waals surface area contributed by atoms with Crippen LogP contribution in [0.5, 0.6) is 5.75 Å². The van der Waals surface area contributed by atoms with E-state index in [1.165, 1.54) is 0 Å². The van der Waals surface area contributed by atoms with Crippen molar-refractivity contribution < 1.29 is 23.8 Å². The average molecular weight is 483 g/mol. The molecule has 5 rings (SSSR count). The molecular formula is C29H26N2O5. The normalized spacial score (nSPS) is 19.2. The van der Waals surface area contributed by atoms with Crippen LogP contribution in [0.4, 0.5) is 0 Å². The van der Waals surface area contributed by atoms with Crippen molar-refractivity contribution in [1.29, 1.82) is 0 Å². The molecule has 0 bridgehead atoms. The van der Waals surface area contributed by atoms with Crippen molar-refractivity contribution in [2.24, 2.45) is 4.99 Å². The quantitative estimate of drug-likeness (QED) is 0.310. The maximum atomic E-state index is 13.3. The Morgan fingerprint density at radius 1 is 1.03 bits per heavy atom. The summed E-state index contributed by atoms with van der Waals surface area (Å²) in [6.45, 7) is 2.23. The number of benzene rings is 3. The van der Waals surface area contributed by atoms with Gasteiger partial charge >= 0.3 is 11.6 Å². The number of carboxylic acid groups (broad SMARTS) is 1. The first-order chi connectivity index (χ1) is 17.5. The highest BCUT2D eigenvalue weighted by atomic mass is 16.6. The molecule has 0 radical (unpaired) electrons. The van der Waals surface area contributed by atoms with Crippen LogP contribution in [-0.4, -0.2) is 34.4 Å². The summed E-state index contributed by atoms with van der Waals surface area (Å²) in [5, 5.41) is 10.8. The average Bonchev–Trinajstić information content (AvgIpc) is 3.53. The molecule has 3 unspecified atom stereocenters. The molecule has 1 N–H and O–H groups in total. The fourth-order valence-corrected chi connectivity index (χ4v) is 4.28. The number of nitrogens with zero attached hydrogens (tertiary/aromatic N) is 2. The largest absolute Gasteiger partial charge is 0.478 e. The molecule has 3 aromatic carbocycles. The van der Waals surface area contributed by atoms with Gasteiger partial charge in [-0.2, -0.15) is 0 Å². The first-order valence-electron chi connectivity index (χ1n) is 11.7. The lowest BCUT2D eigenvalue weighted by molar-refractivity contribution is -0.179. The molecule has 1 aromatic heterocycles. The molecule has 0 spiro atoms. The summed E-state index contributed by atoms with van der Waals surface area (Å²) < 4.78 is 18.7. The smallest absolute Gasteiger partial charge is 0.361 e. The summed E-state index contributed by atoms with van der Waals surface area (Å²) in [6, 6.07) is 25.1.